The minimum atomic E-state index is -0.942. The van der Waals surface area contributed by atoms with Crippen LogP contribution in [0.3, 0.4) is 0 Å². The Morgan fingerprint density at radius 2 is 2.16 bits per heavy atom. The fourth-order valence-corrected chi connectivity index (χ4v) is 1.92. The van der Waals surface area contributed by atoms with Crippen molar-refractivity contribution in [2.45, 2.75) is 20.4 Å². The van der Waals surface area contributed by atoms with Gasteiger partial charge in [0.2, 0.25) is 0 Å². The van der Waals surface area contributed by atoms with E-state index in [0.717, 1.165) is 17.0 Å². The van der Waals surface area contributed by atoms with Crippen LogP contribution in [0.25, 0.3) is 0 Å². The second kappa shape index (κ2) is 5.14. The first-order valence-corrected chi connectivity index (χ1v) is 5.91. The highest BCUT2D eigenvalue weighted by Gasteiger charge is 2.11. The molecule has 2 aromatic rings. The molecule has 5 heteroatoms. The lowest BCUT2D eigenvalue weighted by atomic mass is 10.1. The van der Waals surface area contributed by atoms with Crippen LogP contribution in [0.2, 0.25) is 0 Å². The average Bonchev–Trinajstić information content (AvgIpc) is 2.70. The summed E-state index contributed by atoms with van der Waals surface area (Å²) in [4.78, 5) is 15.2. The standard InChI is InChI=1S/C14H16N2O3/c1-9-10(2)16(8-15-9)7-12-6-11(14(17)18)4-5-13(12)19-3/h4-6,8H,7H2,1-3H3,(H,17,18). The fraction of sp³-hybridized carbons (Fsp3) is 0.286. The van der Waals surface area contributed by atoms with Crippen molar-refractivity contribution in [3.63, 3.8) is 0 Å². The van der Waals surface area contributed by atoms with Gasteiger partial charge in [-0.3, -0.25) is 0 Å². The molecule has 0 bridgehead atoms. The lowest BCUT2D eigenvalue weighted by Crippen LogP contribution is -2.05. The highest BCUT2D eigenvalue weighted by molar-refractivity contribution is 5.88. The normalized spacial score (nSPS) is 10.5. The van der Waals surface area contributed by atoms with Crippen molar-refractivity contribution in [3.8, 4) is 5.75 Å². The Bertz CT molecular complexity index is 617. The SMILES string of the molecule is COc1ccc(C(=O)O)cc1Cn1cnc(C)c1C. The molecule has 1 N–H and O–H groups in total. The molecular formula is C14H16N2O3. The number of aromatic carboxylic acids is 1. The van der Waals surface area contributed by atoms with Gasteiger partial charge in [-0.15, -0.1) is 0 Å². The number of aryl methyl sites for hydroxylation is 1. The van der Waals surface area contributed by atoms with E-state index in [1.54, 1.807) is 25.6 Å². The molecule has 0 aliphatic carbocycles. The number of carboxylic acid groups (broad SMARTS) is 1. The van der Waals surface area contributed by atoms with Crippen molar-refractivity contribution in [2.24, 2.45) is 0 Å². The van der Waals surface area contributed by atoms with Gasteiger partial charge < -0.3 is 14.4 Å². The zero-order valence-electron chi connectivity index (χ0n) is 11.2. The number of aromatic nitrogens is 2. The summed E-state index contributed by atoms with van der Waals surface area (Å²) in [5.74, 6) is -0.266. The summed E-state index contributed by atoms with van der Waals surface area (Å²) in [6.07, 6.45) is 1.75. The van der Waals surface area contributed by atoms with E-state index in [4.69, 9.17) is 9.84 Å². The largest absolute Gasteiger partial charge is 0.496 e. The molecule has 0 amide bonds. The number of nitrogens with zero attached hydrogens (tertiary/aromatic N) is 2. The number of hydrogen-bond donors (Lipinski definition) is 1. The third kappa shape index (κ3) is 2.59. The van der Waals surface area contributed by atoms with Crippen molar-refractivity contribution in [1.29, 1.82) is 0 Å². The van der Waals surface area contributed by atoms with Crippen LogP contribution in [-0.4, -0.2) is 27.7 Å². The average molecular weight is 260 g/mol. The van der Waals surface area contributed by atoms with Gasteiger partial charge in [-0.1, -0.05) is 0 Å². The quantitative estimate of drug-likeness (QED) is 0.915. The van der Waals surface area contributed by atoms with Crippen molar-refractivity contribution in [2.75, 3.05) is 7.11 Å². The summed E-state index contributed by atoms with van der Waals surface area (Å²) in [6, 6.07) is 4.85. The van der Waals surface area contributed by atoms with Gasteiger partial charge in [0, 0.05) is 11.3 Å². The number of carboxylic acids is 1. The minimum absolute atomic E-state index is 0.255. The number of methoxy groups -OCH3 is 1. The number of rotatable bonds is 4. The lowest BCUT2D eigenvalue weighted by Gasteiger charge is -2.11. The van der Waals surface area contributed by atoms with Crippen molar-refractivity contribution in [3.05, 3.63) is 47.0 Å². The number of ether oxygens (including phenoxy) is 1. The van der Waals surface area contributed by atoms with Gasteiger partial charge in [-0.25, -0.2) is 9.78 Å². The zero-order valence-corrected chi connectivity index (χ0v) is 11.2. The molecule has 0 radical (unpaired) electrons. The summed E-state index contributed by atoms with van der Waals surface area (Å²) in [6.45, 7) is 4.46. The molecule has 1 aromatic carbocycles. The molecule has 5 nitrogen and oxygen atoms in total. The van der Waals surface area contributed by atoms with E-state index in [1.807, 2.05) is 18.4 Å². The molecule has 1 aromatic heterocycles. The monoisotopic (exact) mass is 260 g/mol. The molecule has 0 saturated carbocycles. The van der Waals surface area contributed by atoms with Gasteiger partial charge >= 0.3 is 5.97 Å². The van der Waals surface area contributed by atoms with E-state index in [1.165, 1.54) is 6.07 Å². The Kier molecular flexibility index (Phi) is 3.55. The number of benzene rings is 1. The van der Waals surface area contributed by atoms with Crippen LogP contribution in [0.4, 0.5) is 0 Å². The topological polar surface area (TPSA) is 64.3 Å². The summed E-state index contributed by atoms with van der Waals surface area (Å²) in [5.41, 5.74) is 3.10. The zero-order chi connectivity index (χ0) is 14.0. The van der Waals surface area contributed by atoms with E-state index in [9.17, 15) is 4.79 Å². The summed E-state index contributed by atoms with van der Waals surface area (Å²) in [7, 11) is 1.57. The maximum atomic E-state index is 11.0. The first-order valence-electron chi connectivity index (χ1n) is 5.91. The predicted octanol–water partition coefficient (Wildman–Crippen LogP) is 2.26. The Morgan fingerprint density at radius 3 is 2.68 bits per heavy atom. The third-order valence-corrected chi connectivity index (χ3v) is 3.21. The third-order valence-electron chi connectivity index (χ3n) is 3.21. The molecule has 19 heavy (non-hydrogen) atoms. The van der Waals surface area contributed by atoms with Crippen LogP contribution in [0.5, 0.6) is 5.75 Å². The smallest absolute Gasteiger partial charge is 0.335 e. The second-order valence-corrected chi connectivity index (χ2v) is 4.38. The van der Waals surface area contributed by atoms with Gasteiger partial charge in [0.05, 0.1) is 31.2 Å². The van der Waals surface area contributed by atoms with Crippen LogP contribution >= 0.6 is 0 Å². The molecule has 0 atom stereocenters. The Hall–Kier alpha value is -2.30. The summed E-state index contributed by atoms with van der Waals surface area (Å²) < 4.78 is 7.24. The van der Waals surface area contributed by atoms with Crippen LogP contribution in [0.15, 0.2) is 24.5 Å². The number of hydrogen-bond acceptors (Lipinski definition) is 3. The van der Waals surface area contributed by atoms with Crippen LogP contribution in [0.1, 0.15) is 27.3 Å². The Labute approximate surface area is 111 Å². The summed E-state index contributed by atoms with van der Waals surface area (Å²) in [5, 5.41) is 9.04. The minimum Gasteiger partial charge on any atom is -0.496 e. The highest BCUT2D eigenvalue weighted by atomic mass is 16.5. The van der Waals surface area contributed by atoms with Crippen LogP contribution in [0, 0.1) is 13.8 Å². The molecule has 0 saturated heterocycles. The Morgan fingerprint density at radius 1 is 1.42 bits per heavy atom. The number of carbonyl (C=O) groups is 1. The predicted molar refractivity (Wildman–Crippen MR) is 70.8 cm³/mol. The van der Waals surface area contributed by atoms with Gasteiger partial charge in [0.25, 0.3) is 0 Å². The molecule has 1 heterocycles. The lowest BCUT2D eigenvalue weighted by molar-refractivity contribution is 0.0696. The van der Waals surface area contributed by atoms with Gasteiger partial charge in [-0.2, -0.15) is 0 Å². The summed E-state index contributed by atoms with van der Waals surface area (Å²) >= 11 is 0. The van der Waals surface area contributed by atoms with E-state index in [2.05, 4.69) is 4.98 Å². The molecular weight excluding hydrogens is 244 g/mol. The van der Waals surface area contributed by atoms with E-state index in [-0.39, 0.29) is 5.56 Å². The van der Waals surface area contributed by atoms with Gasteiger partial charge in [-0.05, 0) is 32.0 Å². The van der Waals surface area contributed by atoms with Gasteiger partial charge in [0.1, 0.15) is 5.75 Å². The van der Waals surface area contributed by atoms with E-state index >= 15 is 0 Å². The molecule has 0 spiro atoms. The van der Waals surface area contributed by atoms with Gasteiger partial charge in [0.15, 0.2) is 0 Å². The molecule has 100 valence electrons. The molecule has 0 unspecified atom stereocenters. The number of imidazole rings is 1. The molecule has 0 aliphatic heterocycles. The second-order valence-electron chi connectivity index (χ2n) is 4.38. The fourth-order valence-electron chi connectivity index (χ4n) is 1.92. The maximum absolute atomic E-state index is 11.0. The van der Waals surface area contributed by atoms with E-state index < -0.39 is 5.97 Å². The van der Waals surface area contributed by atoms with Crippen LogP contribution in [-0.2, 0) is 6.54 Å². The molecule has 2 rings (SSSR count). The first kappa shape index (κ1) is 13.1. The van der Waals surface area contributed by atoms with Crippen molar-refractivity contribution < 1.29 is 14.6 Å². The first-order chi connectivity index (χ1) is 9.02. The molecule has 0 aliphatic rings. The van der Waals surface area contributed by atoms with Crippen LogP contribution < -0.4 is 4.74 Å². The highest BCUT2D eigenvalue weighted by Crippen LogP contribution is 2.22. The van der Waals surface area contributed by atoms with Crippen molar-refractivity contribution >= 4 is 5.97 Å². The Balaban J connectivity index is 2.40. The maximum Gasteiger partial charge on any atom is 0.335 e. The molecule has 0 fully saturated rings. The van der Waals surface area contributed by atoms with Crippen molar-refractivity contribution in [1.82, 2.24) is 9.55 Å². The van der Waals surface area contributed by atoms with E-state index in [0.29, 0.717) is 12.3 Å².